The molecule has 5 heteroatoms. The maximum Gasteiger partial charge on any atom is 0.194 e. The average Bonchev–Trinajstić information content (AvgIpc) is 2.61. The van der Waals surface area contributed by atoms with Gasteiger partial charge in [-0.3, -0.25) is 0 Å². The van der Waals surface area contributed by atoms with Crippen molar-refractivity contribution in [3.63, 3.8) is 0 Å². The van der Waals surface area contributed by atoms with E-state index in [0.29, 0.717) is 0 Å². The van der Waals surface area contributed by atoms with Crippen LogP contribution in [0.2, 0.25) is 0 Å². The van der Waals surface area contributed by atoms with Gasteiger partial charge in [-0.05, 0) is 42.5 Å². The summed E-state index contributed by atoms with van der Waals surface area (Å²) in [6.07, 6.45) is 10.1. The molecule has 0 aliphatic heterocycles. The van der Waals surface area contributed by atoms with E-state index in [1.165, 1.54) is 11.8 Å². The average molecular weight is 344 g/mol. The zero-order valence-corrected chi connectivity index (χ0v) is 13.9. The molecule has 0 aliphatic rings. The molecule has 2 aromatic carbocycles. The molecule has 2 rings (SSSR count). The highest BCUT2D eigenvalue weighted by molar-refractivity contribution is 5.82. The lowest BCUT2D eigenvalue weighted by molar-refractivity contribution is 0.447. The SMILES string of the molecule is CC/C=C/CCc1ccc(/C=N/N=C/c2cc(F)c(F)c(F)c2)cc1. The second-order valence-electron chi connectivity index (χ2n) is 5.45. The van der Waals surface area contributed by atoms with Crippen LogP contribution in [0, 0.1) is 17.5 Å². The molecule has 0 fully saturated rings. The largest absolute Gasteiger partial charge is 0.204 e. The Kier molecular flexibility index (Phi) is 7.14. The third-order valence-electron chi connectivity index (χ3n) is 3.47. The van der Waals surface area contributed by atoms with Crippen LogP contribution in [-0.2, 0) is 6.42 Å². The molecule has 25 heavy (non-hydrogen) atoms. The Balaban J connectivity index is 1.92. The molecule has 0 aromatic heterocycles. The summed E-state index contributed by atoms with van der Waals surface area (Å²) in [5, 5.41) is 7.55. The van der Waals surface area contributed by atoms with Crippen molar-refractivity contribution in [3.8, 4) is 0 Å². The molecule has 0 atom stereocenters. The first kappa shape index (κ1) is 18.6. The highest BCUT2D eigenvalue weighted by Crippen LogP contribution is 2.12. The Morgan fingerprint density at radius 3 is 2.04 bits per heavy atom. The number of halogens is 3. The van der Waals surface area contributed by atoms with Crippen molar-refractivity contribution in [1.82, 2.24) is 0 Å². The van der Waals surface area contributed by atoms with Crippen LogP contribution in [0.3, 0.4) is 0 Å². The molecule has 0 amide bonds. The summed E-state index contributed by atoms with van der Waals surface area (Å²) in [4.78, 5) is 0. The maximum absolute atomic E-state index is 13.1. The van der Waals surface area contributed by atoms with E-state index in [-0.39, 0.29) is 5.56 Å². The van der Waals surface area contributed by atoms with Crippen molar-refractivity contribution >= 4 is 12.4 Å². The number of nitrogens with zero attached hydrogens (tertiary/aromatic N) is 2. The van der Waals surface area contributed by atoms with Gasteiger partial charge in [-0.15, -0.1) is 0 Å². The Bertz CT molecular complexity index is 755. The lowest BCUT2D eigenvalue weighted by atomic mass is 10.1. The van der Waals surface area contributed by atoms with Gasteiger partial charge in [-0.2, -0.15) is 10.2 Å². The monoisotopic (exact) mass is 344 g/mol. The van der Waals surface area contributed by atoms with Gasteiger partial charge in [0.05, 0.1) is 12.4 Å². The van der Waals surface area contributed by atoms with E-state index in [0.717, 1.165) is 43.2 Å². The Labute approximate surface area is 145 Å². The van der Waals surface area contributed by atoms with E-state index in [2.05, 4.69) is 29.3 Å². The van der Waals surface area contributed by atoms with Crippen molar-refractivity contribution in [3.05, 3.63) is 82.7 Å². The molecule has 0 heterocycles. The van der Waals surface area contributed by atoms with Crippen LogP contribution in [0.25, 0.3) is 0 Å². The fraction of sp³-hybridized carbons (Fsp3) is 0.200. The van der Waals surface area contributed by atoms with E-state index in [1.54, 1.807) is 0 Å². The Hall–Kier alpha value is -2.69. The predicted octanol–water partition coefficient (Wildman–Crippen LogP) is 5.46. The molecule has 0 unspecified atom stereocenters. The van der Waals surface area contributed by atoms with Crippen LogP contribution >= 0.6 is 0 Å². The fourth-order valence-corrected chi connectivity index (χ4v) is 2.15. The minimum atomic E-state index is -1.49. The van der Waals surface area contributed by atoms with Crippen molar-refractivity contribution in [2.24, 2.45) is 10.2 Å². The molecule has 0 radical (unpaired) electrons. The van der Waals surface area contributed by atoms with Gasteiger partial charge in [0.25, 0.3) is 0 Å². The van der Waals surface area contributed by atoms with Gasteiger partial charge in [0.1, 0.15) is 0 Å². The molecule has 0 bridgehead atoms. The molecule has 2 nitrogen and oxygen atoms in total. The summed E-state index contributed by atoms with van der Waals surface area (Å²) in [6.45, 7) is 2.11. The number of rotatable bonds is 7. The predicted molar refractivity (Wildman–Crippen MR) is 95.7 cm³/mol. The molecule has 130 valence electrons. The van der Waals surface area contributed by atoms with Crippen molar-refractivity contribution in [2.75, 3.05) is 0 Å². The second kappa shape index (κ2) is 9.57. The summed E-state index contributed by atoms with van der Waals surface area (Å²) in [6, 6.07) is 9.62. The summed E-state index contributed by atoms with van der Waals surface area (Å²) >= 11 is 0. The Morgan fingerprint density at radius 1 is 0.840 bits per heavy atom. The van der Waals surface area contributed by atoms with Gasteiger partial charge < -0.3 is 0 Å². The molecule has 0 spiro atoms. The van der Waals surface area contributed by atoms with E-state index >= 15 is 0 Å². The molecule has 0 saturated heterocycles. The van der Waals surface area contributed by atoms with Crippen molar-refractivity contribution in [1.29, 1.82) is 0 Å². The first-order valence-electron chi connectivity index (χ1n) is 8.05. The first-order valence-corrected chi connectivity index (χ1v) is 8.05. The summed E-state index contributed by atoms with van der Waals surface area (Å²) in [5.74, 6) is -4.00. The van der Waals surface area contributed by atoms with Crippen LogP contribution in [0.1, 0.15) is 36.5 Å². The number of benzene rings is 2. The van der Waals surface area contributed by atoms with Gasteiger partial charge in [-0.1, -0.05) is 43.3 Å². The van der Waals surface area contributed by atoms with Gasteiger partial charge in [0.15, 0.2) is 17.5 Å². The van der Waals surface area contributed by atoms with Gasteiger partial charge in [-0.25, -0.2) is 13.2 Å². The molecule has 0 N–H and O–H groups in total. The summed E-state index contributed by atoms with van der Waals surface area (Å²) in [5.41, 5.74) is 2.20. The number of aryl methyl sites for hydroxylation is 1. The van der Waals surface area contributed by atoms with Crippen LogP contribution in [0.5, 0.6) is 0 Å². The highest BCUT2D eigenvalue weighted by atomic mass is 19.2. The lowest BCUT2D eigenvalue weighted by Gasteiger charge is -1.99. The smallest absolute Gasteiger partial charge is 0.194 e. The number of hydrogen-bond donors (Lipinski definition) is 0. The van der Waals surface area contributed by atoms with Gasteiger partial charge in [0, 0.05) is 5.56 Å². The molecule has 0 saturated carbocycles. The zero-order valence-electron chi connectivity index (χ0n) is 13.9. The molecule has 2 aromatic rings. The maximum atomic E-state index is 13.1. The molecular weight excluding hydrogens is 325 g/mol. The van der Waals surface area contributed by atoms with Crippen LogP contribution in [0.15, 0.2) is 58.8 Å². The fourth-order valence-electron chi connectivity index (χ4n) is 2.15. The minimum Gasteiger partial charge on any atom is -0.204 e. The van der Waals surface area contributed by atoms with Gasteiger partial charge >= 0.3 is 0 Å². The zero-order chi connectivity index (χ0) is 18.1. The highest BCUT2D eigenvalue weighted by Gasteiger charge is 2.09. The van der Waals surface area contributed by atoms with Crippen LogP contribution < -0.4 is 0 Å². The second-order valence-corrected chi connectivity index (χ2v) is 5.45. The topological polar surface area (TPSA) is 24.7 Å². The number of allylic oxidation sites excluding steroid dienone is 2. The van der Waals surface area contributed by atoms with E-state index in [4.69, 9.17) is 0 Å². The van der Waals surface area contributed by atoms with Crippen molar-refractivity contribution < 1.29 is 13.2 Å². The summed E-state index contributed by atoms with van der Waals surface area (Å²) in [7, 11) is 0. The van der Waals surface area contributed by atoms with Crippen LogP contribution in [-0.4, -0.2) is 12.4 Å². The summed E-state index contributed by atoms with van der Waals surface area (Å²) < 4.78 is 39.0. The molecular formula is C20H19F3N2. The number of hydrogen-bond acceptors (Lipinski definition) is 2. The standard InChI is InChI=1S/C20H19F3N2/c1-2-3-4-5-6-15-7-9-16(10-8-15)13-24-25-14-17-11-18(21)20(23)19(22)12-17/h3-4,7-14H,2,5-6H2,1H3/b4-3+,24-13+,25-14+. The van der Waals surface area contributed by atoms with Crippen molar-refractivity contribution in [2.45, 2.75) is 26.2 Å². The van der Waals surface area contributed by atoms with Gasteiger partial charge in [0.2, 0.25) is 0 Å². The first-order chi connectivity index (χ1) is 12.1. The third-order valence-corrected chi connectivity index (χ3v) is 3.47. The van der Waals surface area contributed by atoms with Crippen LogP contribution in [0.4, 0.5) is 13.2 Å². The molecule has 0 aliphatic carbocycles. The normalized spacial score (nSPS) is 12.0. The lowest BCUT2D eigenvalue weighted by Crippen LogP contribution is -1.93. The quantitative estimate of drug-likeness (QED) is 0.276. The van der Waals surface area contributed by atoms with E-state index in [1.807, 2.05) is 24.3 Å². The van der Waals surface area contributed by atoms with E-state index < -0.39 is 17.5 Å². The Morgan fingerprint density at radius 2 is 1.44 bits per heavy atom. The van der Waals surface area contributed by atoms with E-state index in [9.17, 15) is 13.2 Å². The third kappa shape index (κ3) is 6.03. The minimum absolute atomic E-state index is 0.101.